The van der Waals surface area contributed by atoms with Crippen molar-refractivity contribution in [3.05, 3.63) is 65.0 Å². The van der Waals surface area contributed by atoms with E-state index in [0.717, 1.165) is 5.56 Å². The van der Waals surface area contributed by atoms with E-state index >= 15 is 0 Å². The molecule has 1 aliphatic heterocycles. The van der Waals surface area contributed by atoms with Gasteiger partial charge in [-0.1, -0.05) is 23.7 Å². The number of carbonyl (C=O) groups excluding carboxylic acids is 1. The SMILES string of the molecule is Cc1oc(-c2ccc(Cl)cc2)nc1C(=O)N(C)C[C@H]1COc2ccccc2O1. The fourth-order valence-corrected chi connectivity index (χ4v) is 3.16. The Balaban J connectivity index is 1.46. The number of oxazole rings is 1. The molecule has 144 valence electrons. The van der Waals surface area contributed by atoms with Crippen LogP contribution in [0.15, 0.2) is 52.9 Å². The number of aryl methyl sites for hydroxylation is 1. The van der Waals surface area contributed by atoms with Crippen molar-refractivity contribution in [3.8, 4) is 23.0 Å². The summed E-state index contributed by atoms with van der Waals surface area (Å²) in [5, 5.41) is 0.624. The lowest BCUT2D eigenvalue weighted by Crippen LogP contribution is -2.42. The molecule has 3 aromatic rings. The van der Waals surface area contributed by atoms with Gasteiger partial charge in [0.05, 0.1) is 6.54 Å². The Labute approximate surface area is 167 Å². The minimum atomic E-state index is -0.258. The summed E-state index contributed by atoms with van der Waals surface area (Å²) in [4.78, 5) is 18.8. The number of carbonyl (C=O) groups is 1. The van der Waals surface area contributed by atoms with Gasteiger partial charge in [0.2, 0.25) is 5.89 Å². The third-order valence-corrected chi connectivity index (χ3v) is 4.73. The average Bonchev–Trinajstić information content (AvgIpc) is 3.09. The topological polar surface area (TPSA) is 64.8 Å². The number of nitrogens with zero attached hydrogens (tertiary/aromatic N) is 2. The normalized spacial score (nSPS) is 15.3. The first-order valence-electron chi connectivity index (χ1n) is 8.88. The van der Waals surface area contributed by atoms with E-state index in [4.69, 9.17) is 25.5 Å². The highest BCUT2D eigenvalue weighted by molar-refractivity contribution is 6.30. The molecule has 0 saturated heterocycles. The van der Waals surface area contributed by atoms with Crippen molar-refractivity contribution in [1.29, 1.82) is 0 Å². The van der Waals surface area contributed by atoms with Crippen molar-refractivity contribution in [2.24, 2.45) is 0 Å². The number of likely N-dealkylation sites (N-methyl/N-ethyl adjacent to an activating group) is 1. The smallest absolute Gasteiger partial charge is 0.275 e. The molecule has 6 nitrogen and oxygen atoms in total. The van der Waals surface area contributed by atoms with Crippen LogP contribution < -0.4 is 9.47 Å². The summed E-state index contributed by atoms with van der Waals surface area (Å²) in [6, 6.07) is 14.6. The zero-order valence-electron chi connectivity index (χ0n) is 15.5. The fraction of sp³-hybridized carbons (Fsp3) is 0.238. The molecule has 7 heteroatoms. The number of para-hydroxylation sites is 2. The third kappa shape index (κ3) is 3.68. The van der Waals surface area contributed by atoms with Gasteiger partial charge >= 0.3 is 0 Å². The standard InChI is InChI=1S/C21H19ClN2O4/c1-13-19(23-20(27-13)14-7-9-15(22)10-8-14)21(25)24(2)11-16-12-26-17-5-3-4-6-18(17)28-16/h3-10,16H,11-12H2,1-2H3/t16-/m0/s1. The number of rotatable bonds is 4. The van der Waals surface area contributed by atoms with E-state index in [1.54, 1.807) is 43.1 Å². The number of hydrogen-bond acceptors (Lipinski definition) is 5. The van der Waals surface area contributed by atoms with Crippen LogP contribution in [0.3, 0.4) is 0 Å². The highest BCUT2D eigenvalue weighted by atomic mass is 35.5. The number of ether oxygens (including phenoxy) is 2. The second kappa shape index (κ2) is 7.56. The highest BCUT2D eigenvalue weighted by Crippen LogP contribution is 2.31. The van der Waals surface area contributed by atoms with Gasteiger partial charge in [0.15, 0.2) is 23.3 Å². The maximum Gasteiger partial charge on any atom is 0.275 e. The van der Waals surface area contributed by atoms with Crippen molar-refractivity contribution >= 4 is 17.5 Å². The van der Waals surface area contributed by atoms with Crippen molar-refractivity contribution in [1.82, 2.24) is 9.88 Å². The van der Waals surface area contributed by atoms with E-state index < -0.39 is 0 Å². The zero-order chi connectivity index (χ0) is 19.7. The molecule has 0 saturated carbocycles. The van der Waals surface area contributed by atoms with Crippen LogP contribution in [0.1, 0.15) is 16.2 Å². The lowest BCUT2D eigenvalue weighted by molar-refractivity contribution is 0.0516. The monoisotopic (exact) mass is 398 g/mol. The van der Waals surface area contributed by atoms with Crippen LogP contribution >= 0.6 is 11.6 Å². The number of hydrogen-bond donors (Lipinski definition) is 0. The molecule has 1 aromatic heterocycles. The van der Waals surface area contributed by atoms with Crippen molar-refractivity contribution in [2.75, 3.05) is 20.2 Å². The van der Waals surface area contributed by atoms with Gasteiger partial charge in [0.25, 0.3) is 5.91 Å². The molecule has 0 radical (unpaired) electrons. The van der Waals surface area contributed by atoms with E-state index in [1.165, 1.54) is 0 Å². The Morgan fingerprint density at radius 1 is 1.18 bits per heavy atom. The molecular weight excluding hydrogens is 380 g/mol. The van der Waals surface area contributed by atoms with E-state index in [1.807, 2.05) is 24.3 Å². The number of aromatic nitrogens is 1. The Morgan fingerprint density at radius 2 is 1.89 bits per heavy atom. The van der Waals surface area contributed by atoms with Gasteiger partial charge in [0, 0.05) is 17.6 Å². The zero-order valence-corrected chi connectivity index (χ0v) is 16.3. The molecule has 0 spiro atoms. The summed E-state index contributed by atoms with van der Waals surface area (Å²) in [6.45, 7) is 2.47. The maximum absolute atomic E-state index is 12.9. The maximum atomic E-state index is 12.9. The van der Waals surface area contributed by atoms with Crippen LogP contribution in [0.5, 0.6) is 11.5 Å². The summed E-state index contributed by atoms with van der Waals surface area (Å²) >= 11 is 5.92. The predicted molar refractivity (Wildman–Crippen MR) is 105 cm³/mol. The second-order valence-electron chi connectivity index (χ2n) is 6.61. The molecule has 0 N–H and O–H groups in total. The van der Waals surface area contributed by atoms with Gasteiger partial charge in [-0.3, -0.25) is 4.79 Å². The minimum absolute atomic E-state index is 0.232. The molecule has 28 heavy (non-hydrogen) atoms. The molecular formula is C21H19ClN2O4. The summed E-state index contributed by atoms with van der Waals surface area (Å²) < 4.78 is 17.3. The molecule has 1 aliphatic rings. The van der Waals surface area contributed by atoms with Gasteiger partial charge in [0.1, 0.15) is 12.4 Å². The molecule has 0 aliphatic carbocycles. The number of halogens is 1. The van der Waals surface area contributed by atoms with Gasteiger partial charge in [-0.15, -0.1) is 0 Å². The minimum Gasteiger partial charge on any atom is -0.486 e. The molecule has 1 amide bonds. The molecule has 0 fully saturated rings. The summed E-state index contributed by atoms with van der Waals surface area (Å²) in [5.74, 6) is 2.02. The van der Waals surface area contributed by atoms with Crippen LogP contribution in [0.2, 0.25) is 5.02 Å². The summed E-state index contributed by atoms with van der Waals surface area (Å²) in [6.07, 6.45) is -0.258. The average molecular weight is 399 g/mol. The second-order valence-corrected chi connectivity index (χ2v) is 7.05. The Hall–Kier alpha value is -2.99. The van der Waals surface area contributed by atoms with Crippen LogP contribution in [0, 0.1) is 6.92 Å². The number of benzene rings is 2. The predicted octanol–water partition coefficient (Wildman–Crippen LogP) is 4.22. The molecule has 4 rings (SSSR count). The molecule has 2 heterocycles. The van der Waals surface area contributed by atoms with Crippen molar-refractivity contribution in [3.63, 3.8) is 0 Å². The molecule has 1 atom stereocenters. The van der Waals surface area contributed by atoms with Crippen molar-refractivity contribution in [2.45, 2.75) is 13.0 Å². The lowest BCUT2D eigenvalue weighted by atomic mass is 10.2. The van der Waals surface area contributed by atoms with E-state index in [2.05, 4.69) is 4.98 Å². The quantitative estimate of drug-likeness (QED) is 0.658. The first-order chi connectivity index (χ1) is 13.5. The van der Waals surface area contributed by atoms with Gasteiger partial charge in [-0.25, -0.2) is 4.98 Å². The van der Waals surface area contributed by atoms with Crippen LogP contribution in [0.4, 0.5) is 0 Å². The van der Waals surface area contributed by atoms with Crippen LogP contribution in [-0.4, -0.2) is 42.1 Å². The Bertz CT molecular complexity index is 1000. The fourth-order valence-electron chi connectivity index (χ4n) is 3.03. The first kappa shape index (κ1) is 18.4. The van der Waals surface area contributed by atoms with Crippen LogP contribution in [0.25, 0.3) is 11.5 Å². The largest absolute Gasteiger partial charge is 0.486 e. The molecule has 2 aromatic carbocycles. The molecule has 0 unspecified atom stereocenters. The Morgan fingerprint density at radius 3 is 2.64 bits per heavy atom. The van der Waals surface area contributed by atoms with Gasteiger partial charge < -0.3 is 18.8 Å². The van der Waals surface area contributed by atoms with E-state index in [9.17, 15) is 4.79 Å². The van der Waals surface area contributed by atoms with E-state index in [0.29, 0.717) is 41.3 Å². The van der Waals surface area contributed by atoms with Gasteiger partial charge in [-0.2, -0.15) is 0 Å². The molecule has 0 bridgehead atoms. The highest BCUT2D eigenvalue weighted by Gasteiger charge is 2.27. The van der Waals surface area contributed by atoms with E-state index in [-0.39, 0.29) is 17.7 Å². The third-order valence-electron chi connectivity index (χ3n) is 4.48. The van der Waals surface area contributed by atoms with Crippen LogP contribution in [-0.2, 0) is 0 Å². The first-order valence-corrected chi connectivity index (χ1v) is 9.26. The summed E-state index contributed by atoms with van der Waals surface area (Å²) in [5.41, 5.74) is 1.04. The van der Waals surface area contributed by atoms with Gasteiger partial charge in [-0.05, 0) is 43.3 Å². The number of amides is 1. The lowest BCUT2D eigenvalue weighted by Gasteiger charge is -2.29. The summed E-state index contributed by atoms with van der Waals surface area (Å²) in [7, 11) is 1.71. The number of fused-ring (bicyclic) bond motifs is 1. The Kier molecular flexibility index (Phi) is 4.96. The van der Waals surface area contributed by atoms with Crippen molar-refractivity contribution < 1.29 is 18.7 Å².